The lowest BCUT2D eigenvalue weighted by atomic mass is 10.1. The summed E-state index contributed by atoms with van der Waals surface area (Å²) in [7, 11) is 0. The Labute approximate surface area is 113 Å². The summed E-state index contributed by atoms with van der Waals surface area (Å²) in [6.45, 7) is 3.40. The van der Waals surface area contributed by atoms with E-state index in [1.54, 1.807) is 4.52 Å². The van der Waals surface area contributed by atoms with Gasteiger partial charge in [0, 0.05) is 6.54 Å². The molecule has 6 nitrogen and oxygen atoms in total. The second-order valence-electron chi connectivity index (χ2n) is 4.31. The van der Waals surface area contributed by atoms with Crippen LogP contribution in [0.25, 0.3) is 15.5 Å². The lowest BCUT2D eigenvalue weighted by Crippen LogP contribution is -2.18. The first-order valence-electron chi connectivity index (χ1n) is 6.02. The average molecular weight is 273 g/mol. The molecule has 0 fully saturated rings. The molecule has 3 heterocycles. The lowest BCUT2D eigenvalue weighted by Gasteiger charge is -2.20. The highest BCUT2D eigenvalue weighted by atomic mass is 32.1. The standard InChI is InChI=1S/C12H11N5OS/c1-7-14-15-12-17(7)16-11(19-12)8-3-2-4-9-10(8)18-6-5-13-9/h2-4,13H,5-6H2,1H3. The smallest absolute Gasteiger partial charge is 0.234 e. The van der Waals surface area contributed by atoms with Gasteiger partial charge in [0.25, 0.3) is 0 Å². The Morgan fingerprint density at radius 3 is 3.21 bits per heavy atom. The molecule has 0 atom stereocenters. The maximum Gasteiger partial charge on any atom is 0.234 e. The molecule has 0 saturated heterocycles. The zero-order valence-corrected chi connectivity index (χ0v) is 11.1. The molecule has 1 N–H and O–H groups in total. The molecule has 0 saturated carbocycles. The molecule has 0 unspecified atom stereocenters. The molecule has 96 valence electrons. The van der Waals surface area contributed by atoms with E-state index in [2.05, 4.69) is 20.6 Å². The van der Waals surface area contributed by atoms with Gasteiger partial charge in [0.1, 0.15) is 6.61 Å². The van der Waals surface area contributed by atoms with Gasteiger partial charge in [-0.25, -0.2) is 0 Å². The van der Waals surface area contributed by atoms with E-state index in [1.165, 1.54) is 11.3 Å². The highest BCUT2D eigenvalue weighted by Crippen LogP contribution is 2.39. The summed E-state index contributed by atoms with van der Waals surface area (Å²) >= 11 is 1.51. The number of aryl methyl sites for hydroxylation is 1. The number of para-hydroxylation sites is 1. The lowest BCUT2D eigenvalue weighted by molar-refractivity contribution is 0.324. The topological polar surface area (TPSA) is 64.3 Å². The number of anilines is 1. The fourth-order valence-corrected chi connectivity index (χ4v) is 3.07. The van der Waals surface area contributed by atoms with Crippen LogP contribution in [-0.2, 0) is 0 Å². The average Bonchev–Trinajstić information content (AvgIpc) is 3.01. The Kier molecular flexibility index (Phi) is 2.22. The van der Waals surface area contributed by atoms with Gasteiger partial charge in [0.05, 0.1) is 11.3 Å². The molecule has 3 aromatic rings. The molecular weight excluding hydrogens is 262 g/mol. The SMILES string of the molecule is Cc1nnc2sc(-c3cccc4c3OCCN4)nn12. The Bertz CT molecular complexity index is 763. The van der Waals surface area contributed by atoms with Crippen molar-refractivity contribution in [3.05, 3.63) is 24.0 Å². The number of rotatable bonds is 1. The van der Waals surface area contributed by atoms with Crippen molar-refractivity contribution < 1.29 is 4.74 Å². The fraction of sp³-hybridized carbons (Fsp3) is 0.250. The van der Waals surface area contributed by atoms with E-state index in [0.717, 1.165) is 39.3 Å². The van der Waals surface area contributed by atoms with Gasteiger partial charge in [-0.3, -0.25) is 0 Å². The van der Waals surface area contributed by atoms with Gasteiger partial charge in [-0.1, -0.05) is 17.4 Å². The molecule has 1 aliphatic rings. The zero-order chi connectivity index (χ0) is 12.8. The molecule has 7 heteroatoms. The van der Waals surface area contributed by atoms with Gasteiger partial charge >= 0.3 is 0 Å². The quantitative estimate of drug-likeness (QED) is 0.734. The van der Waals surface area contributed by atoms with Crippen LogP contribution in [0.5, 0.6) is 5.75 Å². The summed E-state index contributed by atoms with van der Waals surface area (Å²) in [5.74, 6) is 1.66. The van der Waals surface area contributed by atoms with Gasteiger partial charge in [0.15, 0.2) is 16.6 Å². The van der Waals surface area contributed by atoms with Gasteiger partial charge in [0.2, 0.25) is 4.96 Å². The van der Waals surface area contributed by atoms with E-state index in [1.807, 2.05) is 25.1 Å². The molecule has 0 bridgehead atoms. The van der Waals surface area contributed by atoms with E-state index < -0.39 is 0 Å². The Morgan fingerprint density at radius 2 is 2.32 bits per heavy atom. The monoisotopic (exact) mass is 273 g/mol. The summed E-state index contributed by atoms with van der Waals surface area (Å²) in [5, 5.41) is 16.9. The van der Waals surface area contributed by atoms with E-state index in [4.69, 9.17) is 4.74 Å². The van der Waals surface area contributed by atoms with Crippen molar-refractivity contribution in [2.75, 3.05) is 18.5 Å². The normalized spacial score (nSPS) is 13.9. The van der Waals surface area contributed by atoms with E-state index in [-0.39, 0.29) is 0 Å². The summed E-state index contributed by atoms with van der Waals surface area (Å²) in [6.07, 6.45) is 0. The van der Waals surface area contributed by atoms with Gasteiger partial charge in [-0.05, 0) is 19.1 Å². The second-order valence-corrected chi connectivity index (χ2v) is 5.26. The molecular formula is C12H11N5OS. The fourth-order valence-electron chi connectivity index (χ4n) is 2.16. The van der Waals surface area contributed by atoms with Crippen molar-refractivity contribution in [2.45, 2.75) is 6.92 Å². The molecule has 1 aliphatic heterocycles. The third-order valence-corrected chi connectivity index (χ3v) is 3.99. The summed E-state index contributed by atoms with van der Waals surface area (Å²) in [6, 6.07) is 6.04. The third kappa shape index (κ3) is 1.58. The molecule has 0 spiro atoms. The molecule has 1 aromatic carbocycles. The maximum atomic E-state index is 5.77. The number of ether oxygens (including phenoxy) is 1. The Morgan fingerprint density at radius 1 is 1.37 bits per heavy atom. The number of benzene rings is 1. The van der Waals surface area contributed by atoms with Crippen LogP contribution in [0.15, 0.2) is 18.2 Å². The molecule has 0 radical (unpaired) electrons. The minimum absolute atomic E-state index is 0.674. The minimum atomic E-state index is 0.674. The van der Waals surface area contributed by atoms with E-state index in [9.17, 15) is 0 Å². The maximum absolute atomic E-state index is 5.77. The van der Waals surface area contributed by atoms with Crippen LogP contribution in [0.2, 0.25) is 0 Å². The van der Waals surface area contributed by atoms with Crippen LogP contribution in [-0.4, -0.2) is 33.0 Å². The molecule has 2 aromatic heterocycles. The minimum Gasteiger partial charge on any atom is -0.489 e. The van der Waals surface area contributed by atoms with Crippen molar-refractivity contribution >= 4 is 22.0 Å². The van der Waals surface area contributed by atoms with Gasteiger partial charge < -0.3 is 10.1 Å². The summed E-state index contributed by atoms with van der Waals surface area (Å²) < 4.78 is 7.53. The highest BCUT2D eigenvalue weighted by molar-refractivity contribution is 7.19. The number of nitrogens with one attached hydrogen (secondary N) is 1. The number of aromatic nitrogens is 4. The predicted molar refractivity (Wildman–Crippen MR) is 72.8 cm³/mol. The summed E-state index contributed by atoms with van der Waals surface area (Å²) in [5.41, 5.74) is 2.02. The van der Waals surface area contributed by atoms with Crippen LogP contribution in [0.4, 0.5) is 5.69 Å². The number of hydrogen-bond acceptors (Lipinski definition) is 6. The number of nitrogens with zero attached hydrogens (tertiary/aromatic N) is 4. The van der Waals surface area contributed by atoms with Crippen LogP contribution in [0.1, 0.15) is 5.82 Å². The molecule has 4 rings (SSSR count). The first-order chi connectivity index (χ1) is 9.33. The van der Waals surface area contributed by atoms with Gasteiger partial charge in [-0.2, -0.15) is 9.61 Å². The molecule has 0 amide bonds. The number of hydrogen-bond donors (Lipinski definition) is 1. The van der Waals surface area contributed by atoms with Crippen molar-refractivity contribution in [1.82, 2.24) is 19.8 Å². The van der Waals surface area contributed by atoms with E-state index >= 15 is 0 Å². The predicted octanol–water partition coefficient (Wildman–Crippen LogP) is 1.97. The largest absolute Gasteiger partial charge is 0.489 e. The highest BCUT2D eigenvalue weighted by Gasteiger charge is 2.19. The summed E-state index contributed by atoms with van der Waals surface area (Å²) in [4.78, 5) is 0.800. The Hall–Kier alpha value is -2.15. The van der Waals surface area contributed by atoms with Crippen LogP contribution < -0.4 is 10.1 Å². The van der Waals surface area contributed by atoms with Crippen molar-refractivity contribution in [3.63, 3.8) is 0 Å². The van der Waals surface area contributed by atoms with Crippen LogP contribution >= 0.6 is 11.3 Å². The zero-order valence-electron chi connectivity index (χ0n) is 10.3. The first kappa shape index (κ1) is 10.7. The molecule has 0 aliphatic carbocycles. The molecule has 19 heavy (non-hydrogen) atoms. The van der Waals surface area contributed by atoms with E-state index in [0.29, 0.717) is 6.61 Å². The van der Waals surface area contributed by atoms with Crippen molar-refractivity contribution in [1.29, 1.82) is 0 Å². The Balaban J connectivity index is 1.91. The van der Waals surface area contributed by atoms with Crippen LogP contribution in [0, 0.1) is 6.92 Å². The first-order valence-corrected chi connectivity index (χ1v) is 6.83. The van der Waals surface area contributed by atoms with Gasteiger partial charge in [-0.15, -0.1) is 10.2 Å². The number of fused-ring (bicyclic) bond motifs is 2. The second kappa shape index (κ2) is 3.92. The van der Waals surface area contributed by atoms with Crippen molar-refractivity contribution in [2.24, 2.45) is 0 Å². The van der Waals surface area contributed by atoms with Crippen molar-refractivity contribution in [3.8, 4) is 16.3 Å². The van der Waals surface area contributed by atoms with Crippen LogP contribution in [0.3, 0.4) is 0 Å². The third-order valence-electron chi connectivity index (χ3n) is 3.06.